The Balaban J connectivity index is 3.10. The van der Waals surface area contributed by atoms with Gasteiger partial charge in [-0.15, -0.1) is 0 Å². The molecule has 3 unspecified atom stereocenters. The number of benzene rings is 1. The minimum absolute atomic E-state index is 0.252. The normalized spacial score (nSPS) is 23.2. The Morgan fingerprint density at radius 3 is 1.61 bits per heavy atom. The molecule has 0 fully saturated rings. The summed E-state index contributed by atoms with van der Waals surface area (Å²) in [6, 6.07) is 7.80. The first kappa shape index (κ1) is 26.9. The van der Waals surface area contributed by atoms with E-state index in [0.29, 0.717) is 0 Å². The van der Waals surface area contributed by atoms with E-state index in [1.165, 1.54) is 12.8 Å². The molecular formula is C29H49SiTi. The van der Waals surface area contributed by atoms with Crippen molar-refractivity contribution in [3.63, 3.8) is 0 Å². The zero-order valence-corrected chi connectivity index (χ0v) is 25.3. The van der Waals surface area contributed by atoms with Crippen LogP contribution < -0.4 is 5.19 Å². The Morgan fingerprint density at radius 1 is 0.806 bits per heavy atom. The van der Waals surface area contributed by atoms with E-state index in [1.54, 1.807) is 33.0 Å². The fraction of sp³-hybridized carbons (Fsp3) is 0.655. The molecule has 0 amide bonds. The third-order valence-electron chi connectivity index (χ3n) is 9.20. The van der Waals surface area contributed by atoms with Crippen molar-refractivity contribution in [1.29, 1.82) is 0 Å². The fourth-order valence-electron chi connectivity index (χ4n) is 7.18. The summed E-state index contributed by atoms with van der Waals surface area (Å²) in [4.78, 5) is 0. The fourth-order valence-corrected chi connectivity index (χ4v) is 20.7. The number of rotatable bonds is 9. The molecule has 2 rings (SSSR count). The second-order valence-corrected chi connectivity index (χ2v) is 19.8. The van der Waals surface area contributed by atoms with Crippen LogP contribution in [0.4, 0.5) is 0 Å². The standard InChI is InChI=1S/C27H43Si.2CH3.Ti/c1-11-20(6)28(21(7)12-2,27(10)18-19(5)22(8)23(27)9)26-16-24(13-3)15-25(14-4)17-26;;;/h15-17,20-21H,11-14H2,1-10H3;2*1H3;. The number of hydrogen-bond acceptors (Lipinski definition) is 0. The molecule has 173 valence electrons. The van der Waals surface area contributed by atoms with Crippen LogP contribution in [0.2, 0.25) is 26.6 Å². The topological polar surface area (TPSA) is 0 Å². The zero-order valence-electron chi connectivity index (χ0n) is 22.7. The molecule has 0 N–H and O–H groups in total. The Hall–Kier alpha value is -0.369. The van der Waals surface area contributed by atoms with E-state index in [2.05, 4.69) is 97.9 Å². The van der Waals surface area contributed by atoms with Crippen LogP contribution in [0.5, 0.6) is 0 Å². The van der Waals surface area contributed by atoms with Gasteiger partial charge in [0.15, 0.2) is 0 Å². The zero-order chi connectivity index (χ0) is 23.7. The van der Waals surface area contributed by atoms with E-state index in [1.807, 2.05) is 3.88 Å². The van der Waals surface area contributed by atoms with E-state index in [-0.39, 0.29) is 5.04 Å². The first-order valence-corrected chi connectivity index (χ1v) is 18.9. The number of hydrogen-bond donors (Lipinski definition) is 0. The number of allylic oxidation sites excluding steroid dienone is 4. The third-order valence-corrected chi connectivity index (χ3v) is 20.0. The van der Waals surface area contributed by atoms with Gasteiger partial charge < -0.3 is 0 Å². The van der Waals surface area contributed by atoms with Crippen LogP contribution in [0.25, 0.3) is 0 Å². The van der Waals surface area contributed by atoms with Crippen molar-refractivity contribution in [1.82, 2.24) is 0 Å². The molecule has 1 aliphatic rings. The summed E-state index contributed by atoms with van der Waals surface area (Å²) in [6.45, 7) is 24.9. The monoisotopic (exact) mass is 473 g/mol. The molecule has 0 spiro atoms. The molecule has 0 aliphatic heterocycles. The van der Waals surface area contributed by atoms with E-state index in [9.17, 15) is 0 Å². The molecule has 2 heteroatoms. The summed E-state index contributed by atoms with van der Waals surface area (Å²) in [7, 11) is -2.01. The van der Waals surface area contributed by atoms with Gasteiger partial charge in [-0.3, -0.25) is 0 Å². The first-order valence-electron chi connectivity index (χ1n) is 12.8. The molecule has 0 radical (unpaired) electrons. The summed E-state index contributed by atoms with van der Waals surface area (Å²) in [6.07, 6.45) is 4.84. The molecule has 3 atom stereocenters. The Morgan fingerprint density at radius 2 is 1.26 bits per heavy atom. The summed E-state index contributed by atoms with van der Waals surface area (Å²) < 4.78 is 1.91. The van der Waals surface area contributed by atoms with Gasteiger partial charge >= 0.3 is 203 Å². The van der Waals surface area contributed by atoms with Crippen molar-refractivity contribution < 1.29 is 17.9 Å². The quantitative estimate of drug-likeness (QED) is 0.314. The van der Waals surface area contributed by atoms with Gasteiger partial charge in [0.05, 0.1) is 0 Å². The Labute approximate surface area is 201 Å². The minimum atomic E-state index is -2.01. The predicted molar refractivity (Wildman–Crippen MR) is 141 cm³/mol. The molecule has 0 aromatic heterocycles. The van der Waals surface area contributed by atoms with E-state index < -0.39 is 25.9 Å². The molecule has 31 heavy (non-hydrogen) atoms. The molecule has 0 bridgehead atoms. The van der Waals surface area contributed by atoms with Crippen molar-refractivity contribution in [2.75, 3.05) is 0 Å². The van der Waals surface area contributed by atoms with Gasteiger partial charge in [0.25, 0.3) is 0 Å². The maximum absolute atomic E-state index is 2.71. The summed E-state index contributed by atoms with van der Waals surface area (Å²) >= 11 is -1.29. The first-order chi connectivity index (χ1) is 14.5. The van der Waals surface area contributed by atoms with E-state index >= 15 is 0 Å². The third kappa shape index (κ3) is 4.06. The van der Waals surface area contributed by atoms with Crippen LogP contribution in [-0.2, 0) is 30.7 Å². The van der Waals surface area contributed by atoms with Crippen molar-refractivity contribution >= 4 is 13.3 Å². The van der Waals surface area contributed by atoms with Crippen LogP contribution in [0.3, 0.4) is 0 Å². The van der Waals surface area contributed by atoms with Crippen LogP contribution in [-0.4, -0.2) is 8.07 Å². The molecule has 0 saturated carbocycles. The Kier molecular flexibility index (Phi) is 8.91. The van der Waals surface area contributed by atoms with Gasteiger partial charge in [-0.2, -0.15) is 0 Å². The SMILES string of the molecule is CCc1cc(CC)cc([Si](C(C)CC)(C(C)CC)C2(C)C(C)=C(C)C(C)=[C]2[Ti]([CH3])[CH3])c1. The maximum atomic E-state index is 2.71. The van der Waals surface area contributed by atoms with Gasteiger partial charge in [0.1, 0.15) is 0 Å². The van der Waals surface area contributed by atoms with Crippen molar-refractivity contribution in [2.45, 2.75) is 121 Å². The summed E-state index contributed by atoms with van der Waals surface area (Å²) in [5.41, 5.74) is 9.58. The molecule has 1 aliphatic carbocycles. The van der Waals surface area contributed by atoms with E-state index in [4.69, 9.17) is 0 Å². The molecule has 0 nitrogen and oxygen atoms in total. The second kappa shape index (κ2) is 10.3. The van der Waals surface area contributed by atoms with Crippen LogP contribution in [0, 0.1) is 0 Å². The molecule has 1 aromatic rings. The number of aryl methyl sites for hydroxylation is 2. The van der Waals surface area contributed by atoms with Crippen molar-refractivity contribution in [3.8, 4) is 0 Å². The van der Waals surface area contributed by atoms with E-state index in [0.717, 1.165) is 23.9 Å². The molecule has 0 heterocycles. The van der Waals surface area contributed by atoms with Crippen molar-refractivity contribution in [3.05, 3.63) is 49.9 Å². The summed E-state index contributed by atoms with van der Waals surface area (Å²) in [5, 5.41) is 7.22. The summed E-state index contributed by atoms with van der Waals surface area (Å²) in [5.74, 6) is 0. The Bertz CT molecular complexity index is 827. The van der Waals surface area contributed by atoms with Crippen molar-refractivity contribution in [2.24, 2.45) is 0 Å². The predicted octanol–water partition coefficient (Wildman–Crippen LogP) is 9.17. The van der Waals surface area contributed by atoms with Crippen LogP contribution in [0.15, 0.2) is 38.8 Å². The second-order valence-electron chi connectivity index (χ2n) is 10.6. The average molecular weight is 474 g/mol. The average Bonchev–Trinajstić information content (AvgIpc) is 2.93. The van der Waals surface area contributed by atoms with Gasteiger partial charge in [-0.25, -0.2) is 0 Å². The van der Waals surface area contributed by atoms with Gasteiger partial charge in [-0.05, 0) is 0 Å². The van der Waals surface area contributed by atoms with Gasteiger partial charge in [0, 0.05) is 0 Å². The molecule has 1 aromatic carbocycles. The van der Waals surface area contributed by atoms with Crippen LogP contribution >= 0.6 is 0 Å². The van der Waals surface area contributed by atoms with Gasteiger partial charge in [0.2, 0.25) is 0 Å². The van der Waals surface area contributed by atoms with Gasteiger partial charge in [-0.1, -0.05) is 0 Å². The van der Waals surface area contributed by atoms with Crippen LogP contribution in [0.1, 0.15) is 93.2 Å². The molecule has 0 saturated heterocycles. The molecular weight excluding hydrogens is 424 g/mol.